The Morgan fingerprint density at radius 2 is 1.89 bits per heavy atom. The van der Waals surface area contributed by atoms with Gasteiger partial charge >= 0.3 is 0 Å². The lowest BCUT2D eigenvalue weighted by molar-refractivity contribution is 0.298. The first-order valence-electron chi connectivity index (χ1n) is 5.08. The van der Waals surface area contributed by atoms with Crippen LogP contribution >= 0.6 is 43.5 Å². The van der Waals surface area contributed by atoms with Gasteiger partial charge in [-0.3, -0.25) is 0 Å². The highest BCUT2D eigenvalue weighted by atomic mass is 79.9. The Balaban J connectivity index is 2.11. The summed E-state index contributed by atoms with van der Waals surface area (Å²) in [6.45, 7) is 0.166. The van der Waals surface area contributed by atoms with Crippen molar-refractivity contribution in [3.8, 4) is 5.75 Å². The minimum absolute atomic E-state index is 0.166. The van der Waals surface area contributed by atoms with Crippen LogP contribution in [0.15, 0.2) is 45.3 Å². The fourth-order valence-corrected chi connectivity index (χ4v) is 2.52. The second-order valence-electron chi connectivity index (χ2n) is 3.60. The van der Waals surface area contributed by atoms with Gasteiger partial charge in [0.2, 0.25) is 0 Å². The van der Waals surface area contributed by atoms with Gasteiger partial charge in [-0.15, -0.1) is 0 Å². The van der Waals surface area contributed by atoms with E-state index in [1.165, 1.54) is 6.07 Å². The molecule has 0 spiro atoms. The van der Waals surface area contributed by atoms with E-state index in [9.17, 15) is 4.39 Å². The molecular weight excluding hydrogens is 386 g/mol. The zero-order chi connectivity index (χ0) is 13.1. The lowest BCUT2D eigenvalue weighted by Gasteiger charge is -2.09. The standard InChI is InChI=1S/C13H8Br2ClFO/c14-9-2-1-8(12(17)5-9)7-18-13-4-3-10(16)6-11(13)15/h1-6H,7H2. The Labute approximate surface area is 126 Å². The van der Waals surface area contributed by atoms with E-state index < -0.39 is 0 Å². The van der Waals surface area contributed by atoms with Crippen molar-refractivity contribution in [2.45, 2.75) is 6.61 Å². The Morgan fingerprint density at radius 1 is 1.11 bits per heavy atom. The molecule has 0 amide bonds. The van der Waals surface area contributed by atoms with E-state index in [1.807, 2.05) is 0 Å². The highest BCUT2D eigenvalue weighted by Crippen LogP contribution is 2.29. The third-order valence-electron chi connectivity index (χ3n) is 2.29. The first-order chi connectivity index (χ1) is 8.56. The summed E-state index contributed by atoms with van der Waals surface area (Å²) in [6.07, 6.45) is 0. The molecule has 0 N–H and O–H groups in total. The van der Waals surface area contributed by atoms with E-state index in [0.717, 1.165) is 4.47 Å². The van der Waals surface area contributed by atoms with Crippen LogP contribution < -0.4 is 4.74 Å². The summed E-state index contributed by atoms with van der Waals surface area (Å²) in [4.78, 5) is 0. The van der Waals surface area contributed by atoms with Gasteiger partial charge in [-0.2, -0.15) is 0 Å². The van der Waals surface area contributed by atoms with E-state index in [2.05, 4.69) is 31.9 Å². The Morgan fingerprint density at radius 3 is 2.56 bits per heavy atom. The molecule has 0 saturated carbocycles. The maximum atomic E-state index is 13.6. The topological polar surface area (TPSA) is 9.23 Å². The lowest BCUT2D eigenvalue weighted by Crippen LogP contribution is -1.98. The van der Waals surface area contributed by atoms with Crippen LogP contribution in [0.5, 0.6) is 5.75 Å². The van der Waals surface area contributed by atoms with Crippen LogP contribution in [0.25, 0.3) is 0 Å². The first kappa shape index (κ1) is 13.8. The summed E-state index contributed by atoms with van der Waals surface area (Å²) in [6, 6.07) is 10.1. The van der Waals surface area contributed by atoms with Crippen molar-refractivity contribution in [1.29, 1.82) is 0 Å². The van der Waals surface area contributed by atoms with Crippen molar-refractivity contribution < 1.29 is 9.13 Å². The zero-order valence-electron chi connectivity index (χ0n) is 9.09. The molecule has 0 unspecified atom stereocenters. The molecule has 1 nitrogen and oxygen atoms in total. The third-order valence-corrected chi connectivity index (χ3v) is 3.64. The van der Waals surface area contributed by atoms with E-state index in [4.69, 9.17) is 16.3 Å². The van der Waals surface area contributed by atoms with Gasteiger partial charge < -0.3 is 4.74 Å². The van der Waals surface area contributed by atoms with E-state index >= 15 is 0 Å². The maximum Gasteiger partial charge on any atom is 0.134 e. The van der Waals surface area contributed by atoms with Crippen molar-refractivity contribution >= 4 is 43.5 Å². The minimum Gasteiger partial charge on any atom is -0.488 e. The van der Waals surface area contributed by atoms with Crippen LogP contribution in [-0.2, 0) is 6.61 Å². The van der Waals surface area contributed by atoms with Gasteiger partial charge in [0.05, 0.1) is 4.47 Å². The summed E-state index contributed by atoms with van der Waals surface area (Å²) in [5.41, 5.74) is 0.500. The van der Waals surface area contributed by atoms with E-state index in [1.54, 1.807) is 30.3 Å². The lowest BCUT2D eigenvalue weighted by atomic mass is 10.2. The van der Waals surface area contributed by atoms with Crippen LogP contribution in [0.1, 0.15) is 5.56 Å². The molecule has 0 atom stereocenters. The van der Waals surface area contributed by atoms with Crippen LogP contribution in [0.3, 0.4) is 0 Å². The molecule has 0 bridgehead atoms. The van der Waals surface area contributed by atoms with E-state index in [-0.39, 0.29) is 12.4 Å². The molecular formula is C13H8Br2ClFO. The summed E-state index contributed by atoms with van der Waals surface area (Å²) in [5.74, 6) is 0.330. The molecule has 18 heavy (non-hydrogen) atoms. The van der Waals surface area contributed by atoms with Gasteiger partial charge in [0.1, 0.15) is 18.2 Å². The highest BCUT2D eigenvalue weighted by Gasteiger charge is 2.06. The van der Waals surface area contributed by atoms with Crippen LogP contribution in [0.4, 0.5) is 4.39 Å². The van der Waals surface area contributed by atoms with Gasteiger partial charge in [-0.1, -0.05) is 33.6 Å². The van der Waals surface area contributed by atoms with Gasteiger partial charge in [-0.25, -0.2) is 4.39 Å². The van der Waals surface area contributed by atoms with Gasteiger partial charge in [0, 0.05) is 15.1 Å². The number of ether oxygens (including phenoxy) is 1. The molecule has 2 aromatic carbocycles. The molecule has 0 heterocycles. The Hall–Kier alpha value is -0.580. The third kappa shape index (κ3) is 3.46. The maximum absolute atomic E-state index is 13.6. The molecule has 0 fully saturated rings. The average Bonchev–Trinajstić information content (AvgIpc) is 2.30. The summed E-state index contributed by atoms with van der Waals surface area (Å²) < 4.78 is 20.6. The number of hydrogen-bond donors (Lipinski definition) is 0. The zero-order valence-corrected chi connectivity index (χ0v) is 13.0. The van der Waals surface area contributed by atoms with Crippen LogP contribution in [0, 0.1) is 5.82 Å². The second-order valence-corrected chi connectivity index (χ2v) is 5.81. The van der Waals surface area contributed by atoms with Gasteiger partial charge in [0.15, 0.2) is 0 Å². The molecule has 5 heteroatoms. The molecule has 0 aliphatic rings. The summed E-state index contributed by atoms with van der Waals surface area (Å²) >= 11 is 12.4. The fraction of sp³-hybridized carbons (Fsp3) is 0.0769. The van der Waals surface area contributed by atoms with Crippen LogP contribution in [0.2, 0.25) is 5.02 Å². The monoisotopic (exact) mass is 392 g/mol. The number of rotatable bonds is 3. The normalized spacial score (nSPS) is 10.4. The Bertz CT molecular complexity index is 523. The molecule has 0 saturated heterocycles. The van der Waals surface area contributed by atoms with Crippen molar-refractivity contribution in [1.82, 2.24) is 0 Å². The quantitative estimate of drug-likeness (QED) is 0.660. The molecule has 94 valence electrons. The van der Waals surface area contributed by atoms with Gasteiger partial charge in [-0.05, 0) is 46.3 Å². The number of benzene rings is 2. The molecule has 2 aromatic rings. The van der Waals surface area contributed by atoms with E-state index in [0.29, 0.717) is 20.8 Å². The molecule has 2 rings (SSSR count). The van der Waals surface area contributed by atoms with Crippen molar-refractivity contribution in [2.24, 2.45) is 0 Å². The molecule has 0 aliphatic heterocycles. The SMILES string of the molecule is Fc1cc(Br)ccc1COc1ccc(Cl)cc1Br. The minimum atomic E-state index is -0.297. The fourth-order valence-electron chi connectivity index (χ4n) is 1.39. The van der Waals surface area contributed by atoms with Crippen LogP contribution in [-0.4, -0.2) is 0 Å². The van der Waals surface area contributed by atoms with Gasteiger partial charge in [0.25, 0.3) is 0 Å². The first-order valence-corrected chi connectivity index (χ1v) is 7.04. The highest BCUT2D eigenvalue weighted by molar-refractivity contribution is 9.10. The largest absolute Gasteiger partial charge is 0.488 e. The summed E-state index contributed by atoms with van der Waals surface area (Å²) in [5, 5.41) is 0.615. The molecule has 0 aromatic heterocycles. The number of halogens is 4. The molecule has 0 radical (unpaired) electrons. The van der Waals surface area contributed by atoms with Crippen molar-refractivity contribution in [2.75, 3.05) is 0 Å². The second kappa shape index (κ2) is 6.04. The molecule has 0 aliphatic carbocycles. The predicted octanol–water partition coefficient (Wildman–Crippen LogP) is 5.58. The van der Waals surface area contributed by atoms with Crippen molar-refractivity contribution in [3.05, 3.63) is 61.7 Å². The number of hydrogen-bond acceptors (Lipinski definition) is 1. The average molecular weight is 394 g/mol. The Kier molecular flexibility index (Phi) is 4.65. The smallest absolute Gasteiger partial charge is 0.134 e. The van der Waals surface area contributed by atoms with Crippen molar-refractivity contribution in [3.63, 3.8) is 0 Å². The summed E-state index contributed by atoms with van der Waals surface area (Å²) in [7, 11) is 0. The predicted molar refractivity (Wildman–Crippen MR) is 77.6 cm³/mol.